The summed E-state index contributed by atoms with van der Waals surface area (Å²) >= 11 is 1.31. The molecule has 0 radical (unpaired) electrons. The smallest absolute Gasteiger partial charge is 0.229 e. The van der Waals surface area contributed by atoms with Gasteiger partial charge in [0.15, 0.2) is 5.78 Å². The Bertz CT molecular complexity index is 460. The maximum absolute atomic E-state index is 12.0. The van der Waals surface area contributed by atoms with E-state index in [-0.39, 0.29) is 17.4 Å². The number of benzene rings is 1. The lowest BCUT2D eigenvalue weighted by Crippen LogP contribution is -2.25. The van der Waals surface area contributed by atoms with Crippen molar-refractivity contribution in [3.8, 4) is 5.75 Å². The lowest BCUT2D eigenvalue weighted by Gasteiger charge is -2.08. The van der Waals surface area contributed by atoms with E-state index in [0.29, 0.717) is 23.6 Å². The van der Waals surface area contributed by atoms with Crippen molar-refractivity contribution >= 4 is 23.5 Å². The Labute approximate surface area is 117 Å². The Morgan fingerprint density at radius 1 is 1.32 bits per heavy atom. The van der Waals surface area contributed by atoms with Crippen LogP contribution in [0.2, 0.25) is 0 Å². The third-order valence-electron chi connectivity index (χ3n) is 2.50. The van der Waals surface area contributed by atoms with Gasteiger partial charge in [-0.1, -0.05) is 6.07 Å². The van der Waals surface area contributed by atoms with Crippen LogP contribution in [0.4, 0.5) is 0 Å². The first-order valence-electron chi connectivity index (χ1n) is 6.10. The topological polar surface area (TPSA) is 55.4 Å². The standard InChI is InChI=1S/C14H19NO3S/c1-4-15-14(17)9-19-8-12(16)11-6-5-10(2)7-13(11)18-3/h5-7H,4,8-9H2,1-3H3,(H,15,17). The van der Waals surface area contributed by atoms with Crippen molar-refractivity contribution < 1.29 is 14.3 Å². The van der Waals surface area contributed by atoms with Crippen LogP contribution in [-0.2, 0) is 4.79 Å². The Kier molecular flexibility index (Phi) is 6.42. The number of hydrogen-bond donors (Lipinski definition) is 1. The average molecular weight is 281 g/mol. The Morgan fingerprint density at radius 3 is 2.68 bits per heavy atom. The van der Waals surface area contributed by atoms with E-state index < -0.39 is 0 Å². The summed E-state index contributed by atoms with van der Waals surface area (Å²) < 4.78 is 5.20. The summed E-state index contributed by atoms with van der Waals surface area (Å²) in [4.78, 5) is 23.3. The van der Waals surface area contributed by atoms with Crippen LogP contribution in [-0.4, -0.2) is 36.9 Å². The molecule has 4 nitrogen and oxygen atoms in total. The van der Waals surface area contributed by atoms with Crippen LogP contribution in [0.15, 0.2) is 18.2 Å². The molecule has 0 heterocycles. The van der Waals surface area contributed by atoms with Gasteiger partial charge < -0.3 is 10.1 Å². The van der Waals surface area contributed by atoms with E-state index in [4.69, 9.17) is 4.74 Å². The first-order valence-corrected chi connectivity index (χ1v) is 7.26. The molecule has 0 aliphatic rings. The molecule has 0 saturated carbocycles. The number of rotatable bonds is 7. The van der Waals surface area contributed by atoms with E-state index in [1.165, 1.54) is 11.8 Å². The fourth-order valence-electron chi connectivity index (χ4n) is 1.59. The van der Waals surface area contributed by atoms with Gasteiger partial charge in [-0.15, -0.1) is 11.8 Å². The number of carbonyl (C=O) groups excluding carboxylic acids is 2. The summed E-state index contributed by atoms with van der Waals surface area (Å²) in [6.45, 7) is 4.42. The first kappa shape index (κ1) is 15.6. The third-order valence-corrected chi connectivity index (χ3v) is 3.43. The van der Waals surface area contributed by atoms with E-state index >= 15 is 0 Å². The highest BCUT2D eigenvalue weighted by Crippen LogP contribution is 2.21. The highest BCUT2D eigenvalue weighted by molar-refractivity contribution is 8.00. The van der Waals surface area contributed by atoms with Gasteiger partial charge in [0.2, 0.25) is 5.91 Å². The zero-order valence-corrected chi connectivity index (χ0v) is 12.3. The second-order valence-electron chi connectivity index (χ2n) is 4.07. The van der Waals surface area contributed by atoms with Crippen molar-refractivity contribution in [1.82, 2.24) is 5.32 Å². The molecule has 0 bridgehead atoms. The largest absolute Gasteiger partial charge is 0.496 e. The number of amides is 1. The zero-order valence-electron chi connectivity index (χ0n) is 11.5. The van der Waals surface area contributed by atoms with Gasteiger partial charge >= 0.3 is 0 Å². The van der Waals surface area contributed by atoms with Crippen LogP contribution in [0, 0.1) is 6.92 Å². The second kappa shape index (κ2) is 7.84. The van der Waals surface area contributed by atoms with Crippen molar-refractivity contribution in [2.24, 2.45) is 0 Å². The SMILES string of the molecule is CCNC(=O)CSCC(=O)c1ccc(C)cc1OC. The summed E-state index contributed by atoms with van der Waals surface area (Å²) in [7, 11) is 1.55. The normalized spacial score (nSPS) is 10.1. The molecule has 1 aromatic carbocycles. The van der Waals surface area contributed by atoms with Gasteiger partial charge in [-0.3, -0.25) is 9.59 Å². The molecule has 0 aromatic heterocycles. The van der Waals surface area contributed by atoms with Crippen molar-refractivity contribution in [3.63, 3.8) is 0 Å². The number of ketones is 1. The molecule has 1 amide bonds. The minimum absolute atomic E-state index is 0.0221. The Balaban J connectivity index is 2.56. The van der Waals surface area contributed by atoms with Gasteiger partial charge in [-0.05, 0) is 31.5 Å². The highest BCUT2D eigenvalue weighted by Gasteiger charge is 2.13. The molecule has 0 unspecified atom stereocenters. The molecule has 1 rings (SSSR count). The van der Waals surface area contributed by atoms with Gasteiger partial charge in [-0.2, -0.15) is 0 Å². The molecule has 0 aliphatic heterocycles. The molecule has 1 N–H and O–H groups in total. The fraction of sp³-hybridized carbons (Fsp3) is 0.429. The minimum atomic E-state index is -0.0452. The number of hydrogen-bond acceptors (Lipinski definition) is 4. The molecular formula is C14H19NO3S. The van der Waals surface area contributed by atoms with Crippen LogP contribution in [0.3, 0.4) is 0 Å². The molecule has 0 spiro atoms. The second-order valence-corrected chi connectivity index (χ2v) is 5.06. The summed E-state index contributed by atoms with van der Waals surface area (Å²) in [6.07, 6.45) is 0. The van der Waals surface area contributed by atoms with Crippen LogP contribution in [0.1, 0.15) is 22.8 Å². The Hall–Kier alpha value is -1.49. The van der Waals surface area contributed by atoms with Crippen molar-refractivity contribution in [2.75, 3.05) is 25.2 Å². The van der Waals surface area contributed by atoms with Gasteiger partial charge in [0.25, 0.3) is 0 Å². The van der Waals surface area contributed by atoms with Gasteiger partial charge in [-0.25, -0.2) is 0 Å². The minimum Gasteiger partial charge on any atom is -0.496 e. The van der Waals surface area contributed by atoms with E-state index in [1.807, 2.05) is 26.0 Å². The summed E-state index contributed by atoms with van der Waals surface area (Å²) in [5.74, 6) is 1.09. The molecule has 104 valence electrons. The quantitative estimate of drug-likeness (QED) is 0.777. The van der Waals surface area contributed by atoms with Gasteiger partial charge in [0.05, 0.1) is 24.2 Å². The van der Waals surface area contributed by atoms with Crippen LogP contribution in [0.5, 0.6) is 5.75 Å². The van der Waals surface area contributed by atoms with Crippen LogP contribution >= 0.6 is 11.8 Å². The maximum Gasteiger partial charge on any atom is 0.229 e. The molecule has 0 aliphatic carbocycles. The maximum atomic E-state index is 12.0. The predicted molar refractivity (Wildman–Crippen MR) is 78.1 cm³/mol. The molecule has 0 fully saturated rings. The van der Waals surface area contributed by atoms with Gasteiger partial charge in [0, 0.05) is 6.54 Å². The van der Waals surface area contributed by atoms with E-state index in [1.54, 1.807) is 13.2 Å². The summed E-state index contributed by atoms with van der Waals surface area (Å²) in [5.41, 5.74) is 1.61. The molecular weight excluding hydrogens is 262 g/mol. The number of aryl methyl sites for hydroxylation is 1. The first-order chi connectivity index (χ1) is 9.08. The van der Waals surface area contributed by atoms with Crippen LogP contribution < -0.4 is 10.1 Å². The summed E-state index contributed by atoms with van der Waals surface area (Å²) in [5, 5.41) is 2.69. The third kappa shape index (κ3) is 4.95. The molecule has 0 saturated heterocycles. The van der Waals surface area contributed by atoms with Crippen molar-refractivity contribution in [2.45, 2.75) is 13.8 Å². The monoisotopic (exact) mass is 281 g/mol. The molecule has 1 aromatic rings. The summed E-state index contributed by atoms with van der Waals surface area (Å²) in [6, 6.07) is 5.48. The van der Waals surface area contributed by atoms with Gasteiger partial charge in [0.1, 0.15) is 5.75 Å². The van der Waals surface area contributed by atoms with E-state index in [9.17, 15) is 9.59 Å². The number of nitrogens with one attached hydrogen (secondary N) is 1. The molecule has 5 heteroatoms. The zero-order chi connectivity index (χ0) is 14.3. The van der Waals surface area contributed by atoms with Crippen molar-refractivity contribution in [3.05, 3.63) is 29.3 Å². The predicted octanol–water partition coefficient (Wildman–Crippen LogP) is 2.06. The molecule has 19 heavy (non-hydrogen) atoms. The van der Waals surface area contributed by atoms with E-state index in [2.05, 4.69) is 5.32 Å². The fourth-order valence-corrected chi connectivity index (χ4v) is 2.32. The molecule has 0 atom stereocenters. The van der Waals surface area contributed by atoms with E-state index in [0.717, 1.165) is 5.56 Å². The Morgan fingerprint density at radius 2 is 2.05 bits per heavy atom. The number of ether oxygens (including phenoxy) is 1. The number of thioether (sulfide) groups is 1. The highest BCUT2D eigenvalue weighted by atomic mass is 32.2. The lowest BCUT2D eigenvalue weighted by atomic mass is 10.1. The van der Waals surface area contributed by atoms with Crippen molar-refractivity contribution in [1.29, 1.82) is 0 Å². The van der Waals surface area contributed by atoms with Crippen LogP contribution in [0.25, 0.3) is 0 Å². The number of carbonyl (C=O) groups is 2. The lowest BCUT2D eigenvalue weighted by molar-refractivity contribution is -0.118. The average Bonchev–Trinajstić information content (AvgIpc) is 2.38. The number of methoxy groups -OCH3 is 1. The number of Topliss-reactive ketones (excluding diaryl/α,β-unsaturated/α-hetero) is 1.